The number of primary amides is 1. The van der Waals surface area contributed by atoms with Crippen LogP contribution in [0, 0.1) is 19.8 Å². The van der Waals surface area contributed by atoms with Crippen molar-refractivity contribution < 1.29 is 18.0 Å². The molecule has 0 radical (unpaired) electrons. The Kier molecular flexibility index (Phi) is 6.56. The summed E-state index contributed by atoms with van der Waals surface area (Å²) in [6, 6.07) is 3.84. The van der Waals surface area contributed by atoms with Gasteiger partial charge >= 0.3 is 6.18 Å². The number of carbonyl (C=O) groups excluding carboxylic acids is 1. The first kappa shape index (κ1) is 23.0. The molecule has 1 aliphatic heterocycles. The first-order valence-corrected chi connectivity index (χ1v) is 10.1. The number of fused-ring (bicyclic) bond motifs is 1. The van der Waals surface area contributed by atoms with E-state index in [1.807, 2.05) is 35.8 Å². The van der Waals surface area contributed by atoms with Crippen molar-refractivity contribution in [2.45, 2.75) is 32.6 Å². The summed E-state index contributed by atoms with van der Waals surface area (Å²) in [7, 11) is 1.78. The predicted molar refractivity (Wildman–Crippen MR) is 116 cm³/mol. The van der Waals surface area contributed by atoms with E-state index in [-0.39, 0.29) is 12.3 Å². The van der Waals surface area contributed by atoms with Gasteiger partial charge in [0.1, 0.15) is 11.9 Å². The average molecular weight is 435 g/mol. The summed E-state index contributed by atoms with van der Waals surface area (Å²) in [6.45, 7) is 5.05. The summed E-state index contributed by atoms with van der Waals surface area (Å²) < 4.78 is 40.0. The third kappa shape index (κ3) is 4.99. The van der Waals surface area contributed by atoms with E-state index in [0.29, 0.717) is 25.2 Å². The molecule has 4 N–H and O–H groups in total. The van der Waals surface area contributed by atoms with Crippen LogP contribution < -0.4 is 16.4 Å². The van der Waals surface area contributed by atoms with Crippen molar-refractivity contribution in [3.63, 3.8) is 0 Å². The zero-order valence-corrected chi connectivity index (χ0v) is 17.9. The van der Waals surface area contributed by atoms with Crippen LogP contribution in [0.3, 0.4) is 0 Å². The molecule has 0 spiro atoms. The average Bonchev–Trinajstić information content (AvgIpc) is 2.68. The van der Waals surface area contributed by atoms with Crippen LogP contribution in [0.2, 0.25) is 0 Å². The molecule has 0 bridgehead atoms. The maximum atomic E-state index is 13.3. The van der Waals surface area contributed by atoms with Crippen LogP contribution in [-0.4, -0.2) is 55.5 Å². The van der Waals surface area contributed by atoms with Gasteiger partial charge in [0, 0.05) is 31.1 Å². The van der Waals surface area contributed by atoms with Gasteiger partial charge in [0.2, 0.25) is 0 Å². The minimum absolute atomic E-state index is 0.0677. The number of aryl methyl sites for hydroxylation is 2. The second kappa shape index (κ2) is 8.84. The predicted octanol–water partition coefficient (Wildman–Crippen LogP) is 2.96. The van der Waals surface area contributed by atoms with E-state index in [0.717, 1.165) is 22.9 Å². The SMILES string of the molecule is Cc1cc2c(cc1C)N(CCN(C)CC1CC=CC=C1C(F)(F)F)C(N)C(C(N)=O)=N2. The van der Waals surface area contributed by atoms with Gasteiger partial charge in [-0.05, 0) is 50.6 Å². The van der Waals surface area contributed by atoms with Gasteiger partial charge in [-0.2, -0.15) is 13.2 Å². The molecule has 0 saturated heterocycles. The van der Waals surface area contributed by atoms with Gasteiger partial charge < -0.3 is 21.3 Å². The molecular weight excluding hydrogens is 407 g/mol. The molecule has 1 amide bonds. The molecule has 9 heteroatoms. The molecule has 168 valence electrons. The number of halogens is 3. The van der Waals surface area contributed by atoms with Crippen LogP contribution in [0.1, 0.15) is 17.5 Å². The smallest absolute Gasteiger partial charge is 0.364 e. The van der Waals surface area contributed by atoms with Gasteiger partial charge in [0.15, 0.2) is 0 Å². The van der Waals surface area contributed by atoms with Gasteiger partial charge in [-0.25, -0.2) is 4.99 Å². The Labute approximate surface area is 180 Å². The first-order chi connectivity index (χ1) is 14.5. The number of anilines is 1. The van der Waals surface area contributed by atoms with Gasteiger partial charge in [0.25, 0.3) is 5.91 Å². The molecule has 31 heavy (non-hydrogen) atoms. The van der Waals surface area contributed by atoms with E-state index >= 15 is 0 Å². The highest BCUT2D eigenvalue weighted by molar-refractivity contribution is 6.41. The van der Waals surface area contributed by atoms with E-state index in [1.165, 1.54) is 6.08 Å². The van der Waals surface area contributed by atoms with E-state index in [1.54, 1.807) is 13.1 Å². The molecule has 0 fully saturated rings. The number of nitrogens with zero attached hydrogens (tertiary/aromatic N) is 3. The number of benzene rings is 1. The highest BCUT2D eigenvalue weighted by Gasteiger charge is 2.39. The van der Waals surface area contributed by atoms with Crippen molar-refractivity contribution in [2.24, 2.45) is 22.4 Å². The summed E-state index contributed by atoms with van der Waals surface area (Å²) in [6.07, 6.45) is -0.447. The van der Waals surface area contributed by atoms with Gasteiger partial charge in [-0.3, -0.25) is 4.79 Å². The van der Waals surface area contributed by atoms with Crippen LogP contribution in [0.25, 0.3) is 0 Å². The number of likely N-dealkylation sites (N-methyl/N-ethyl adjacent to an activating group) is 1. The molecule has 2 atom stereocenters. The van der Waals surface area contributed by atoms with Crippen molar-refractivity contribution in [1.29, 1.82) is 0 Å². The zero-order chi connectivity index (χ0) is 22.9. The van der Waals surface area contributed by atoms with Crippen LogP contribution in [0.15, 0.2) is 40.9 Å². The number of hydrogen-bond acceptors (Lipinski definition) is 5. The largest absolute Gasteiger partial charge is 0.413 e. The number of alkyl halides is 3. The molecule has 1 heterocycles. The highest BCUT2D eigenvalue weighted by Crippen LogP contribution is 2.37. The Hall–Kier alpha value is -2.65. The highest BCUT2D eigenvalue weighted by atomic mass is 19.4. The van der Waals surface area contributed by atoms with Crippen LogP contribution >= 0.6 is 0 Å². The normalized spacial score (nSPS) is 21.1. The molecule has 1 aromatic rings. The first-order valence-electron chi connectivity index (χ1n) is 10.1. The van der Waals surface area contributed by atoms with Crippen LogP contribution in [0.5, 0.6) is 0 Å². The number of amides is 1. The van der Waals surface area contributed by atoms with Crippen LogP contribution in [-0.2, 0) is 4.79 Å². The summed E-state index contributed by atoms with van der Waals surface area (Å²) in [5.41, 5.74) is 14.8. The lowest BCUT2D eigenvalue weighted by atomic mass is 9.90. The molecular formula is C22H28F3N5O. The topological polar surface area (TPSA) is 88.0 Å². The second-order valence-corrected chi connectivity index (χ2v) is 8.17. The summed E-state index contributed by atoms with van der Waals surface area (Å²) in [5, 5.41) is 0. The van der Waals surface area contributed by atoms with E-state index in [2.05, 4.69) is 4.99 Å². The number of allylic oxidation sites excluding steroid dienone is 3. The third-order valence-corrected chi connectivity index (χ3v) is 5.86. The van der Waals surface area contributed by atoms with E-state index in [9.17, 15) is 18.0 Å². The molecule has 6 nitrogen and oxygen atoms in total. The number of rotatable bonds is 6. The molecule has 2 aliphatic rings. The second-order valence-electron chi connectivity index (χ2n) is 8.17. The molecule has 0 saturated carbocycles. The molecule has 0 aromatic heterocycles. The Bertz CT molecular complexity index is 951. The maximum Gasteiger partial charge on any atom is 0.413 e. The van der Waals surface area contributed by atoms with Crippen LogP contribution in [0.4, 0.5) is 24.5 Å². The van der Waals surface area contributed by atoms with E-state index < -0.39 is 29.7 Å². The Morgan fingerprint density at radius 1 is 1.29 bits per heavy atom. The van der Waals surface area contributed by atoms with Crippen molar-refractivity contribution in [1.82, 2.24) is 4.90 Å². The molecule has 2 unspecified atom stereocenters. The minimum atomic E-state index is -4.34. The lowest BCUT2D eigenvalue weighted by Gasteiger charge is -2.37. The molecule has 1 aliphatic carbocycles. The third-order valence-electron chi connectivity index (χ3n) is 5.86. The van der Waals surface area contributed by atoms with Gasteiger partial charge in [0.05, 0.1) is 11.4 Å². The Balaban J connectivity index is 1.76. The Morgan fingerprint density at radius 2 is 1.97 bits per heavy atom. The van der Waals surface area contributed by atoms with Gasteiger partial charge in [-0.15, -0.1) is 0 Å². The molecule has 3 rings (SSSR count). The quantitative estimate of drug-likeness (QED) is 0.719. The Morgan fingerprint density at radius 3 is 2.61 bits per heavy atom. The fourth-order valence-electron chi connectivity index (χ4n) is 3.98. The summed E-state index contributed by atoms with van der Waals surface area (Å²) in [4.78, 5) is 19.9. The van der Waals surface area contributed by atoms with Crippen molar-refractivity contribution >= 4 is 23.0 Å². The van der Waals surface area contributed by atoms with Crippen molar-refractivity contribution in [2.75, 3.05) is 31.6 Å². The standard InChI is InChI=1S/C22H28F3N5O/c1-13-10-17-18(11-14(13)2)30(20(26)19(28-17)21(27)31)9-8-29(3)12-15-6-4-5-7-16(15)22(23,24)25/h4-5,7,10-11,15,20H,6,8-9,12,26H2,1-3H3,(H2,27,31). The molecule has 1 aromatic carbocycles. The summed E-state index contributed by atoms with van der Waals surface area (Å²) >= 11 is 0. The van der Waals surface area contributed by atoms with E-state index in [4.69, 9.17) is 11.5 Å². The summed E-state index contributed by atoms with van der Waals surface area (Å²) in [5.74, 6) is -1.31. The minimum Gasteiger partial charge on any atom is -0.364 e. The number of nitrogens with two attached hydrogens (primary N) is 2. The van der Waals surface area contributed by atoms with Crippen molar-refractivity contribution in [3.05, 3.63) is 47.1 Å². The lowest BCUT2D eigenvalue weighted by Crippen LogP contribution is -2.55. The number of hydrogen-bond donors (Lipinski definition) is 2. The fraction of sp³-hybridized carbons (Fsp3) is 0.455. The fourth-order valence-corrected chi connectivity index (χ4v) is 3.98. The van der Waals surface area contributed by atoms with Crippen molar-refractivity contribution in [3.8, 4) is 0 Å². The van der Waals surface area contributed by atoms with Gasteiger partial charge in [-0.1, -0.05) is 18.2 Å². The number of aliphatic imine (C=N–C) groups is 1. The maximum absolute atomic E-state index is 13.3. The number of carbonyl (C=O) groups is 1. The zero-order valence-electron chi connectivity index (χ0n) is 17.9. The monoisotopic (exact) mass is 435 g/mol. The lowest BCUT2D eigenvalue weighted by molar-refractivity contribution is -0.112.